The summed E-state index contributed by atoms with van der Waals surface area (Å²) < 4.78 is 5.23. The maximum Gasteiger partial charge on any atom is 0.339 e. The maximum absolute atomic E-state index is 11.3. The number of benzene rings is 1. The topological polar surface area (TPSA) is 92.3 Å². The molecular formula is C11H6Cl2N2O4. The molecule has 0 aliphatic carbocycles. The van der Waals surface area contributed by atoms with E-state index in [0.717, 1.165) is 6.33 Å². The highest BCUT2D eigenvalue weighted by Gasteiger charge is 2.15. The molecular weight excluding hydrogens is 295 g/mol. The first kappa shape index (κ1) is 13.4. The van der Waals surface area contributed by atoms with Crippen LogP contribution in [-0.2, 0) is 0 Å². The quantitative estimate of drug-likeness (QED) is 0.909. The average molecular weight is 301 g/mol. The molecule has 0 amide bonds. The van der Waals surface area contributed by atoms with Gasteiger partial charge in [0.15, 0.2) is 5.02 Å². The second-order valence-corrected chi connectivity index (χ2v) is 4.21. The third-order valence-electron chi connectivity index (χ3n) is 2.14. The van der Waals surface area contributed by atoms with Crippen LogP contribution in [0.15, 0.2) is 29.3 Å². The van der Waals surface area contributed by atoms with Gasteiger partial charge in [-0.3, -0.25) is 4.79 Å². The van der Waals surface area contributed by atoms with Crippen LogP contribution in [0.1, 0.15) is 10.4 Å². The Bertz CT molecular complexity index is 699. The Morgan fingerprint density at radius 3 is 2.79 bits per heavy atom. The number of carboxylic acids is 1. The Morgan fingerprint density at radius 2 is 2.11 bits per heavy atom. The van der Waals surface area contributed by atoms with Gasteiger partial charge in [-0.25, -0.2) is 9.78 Å². The van der Waals surface area contributed by atoms with E-state index in [1.54, 1.807) is 0 Å². The summed E-state index contributed by atoms with van der Waals surface area (Å²) in [7, 11) is 0. The number of nitrogens with one attached hydrogen (secondary N) is 1. The van der Waals surface area contributed by atoms with Crippen LogP contribution in [0.5, 0.6) is 11.6 Å². The van der Waals surface area contributed by atoms with E-state index in [4.69, 9.17) is 33.0 Å². The highest BCUT2D eigenvalue weighted by atomic mass is 35.5. The van der Waals surface area contributed by atoms with Gasteiger partial charge in [-0.05, 0) is 18.2 Å². The van der Waals surface area contributed by atoms with E-state index in [0.29, 0.717) is 0 Å². The molecule has 1 heterocycles. The molecule has 6 nitrogen and oxygen atoms in total. The molecule has 2 N–H and O–H groups in total. The van der Waals surface area contributed by atoms with Gasteiger partial charge >= 0.3 is 5.97 Å². The standard InChI is InChI=1S/C11H6Cl2N2O4/c12-5-1-2-7(6(3-5)11(17)18)19-10-8(13)9(16)14-4-15-10/h1-4H,(H,17,18)(H,14,15,16). The van der Waals surface area contributed by atoms with E-state index in [1.807, 2.05) is 0 Å². The van der Waals surface area contributed by atoms with Gasteiger partial charge in [-0.2, -0.15) is 0 Å². The molecule has 0 atom stereocenters. The van der Waals surface area contributed by atoms with Gasteiger partial charge in [0.25, 0.3) is 5.56 Å². The largest absolute Gasteiger partial charge is 0.478 e. The van der Waals surface area contributed by atoms with E-state index < -0.39 is 11.5 Å². The second-order valence-electron chi connectivity index (χ2n) is 3.40. The number of ether oxygens (including phenoxy) is 1. The number of carboxylic acid groups (broad SMARTS) is 1. The van der Waals surface area contributed by atoms with Gasteiger partial charge in [0.1, 0.15) is 11.3 Å². The fraction of sp³-hybridized carbons (Fsp3) is 0. The highest BCUT2D eigenvalue weighted by Crippen LogP contribution is 2.29. The number of H-pyrrole nitrogens is 1. The lowest BCUT2D eigenvalue weighted by Gasteiger charge is -2.08. The van der Waals surface area contributed by atoms with Crippen molar-refractivity contribution in [1.82, 2.24) is 9.97 Å². The molecule has 0 saturated heterocycles. The first-order chi connectivity index (χ1) is 8.99. The Morgan fingerprint density at radius 1 is 1.37 bits per heavy atom. The van der Waals surface area contributed by atoms with Crippen LogP contribution in [0.4, 0.5) is 0 Å². The monoisotopic (exact) mass is 300 g/mol. The van der Waals surface area contributed by atoms with Crippen molar-refractivity contribution in [2.24, 2.45) is 0 Å². The van der Waals surface area contributed by atoms with Crippen molar-refractivity contribution in [3.05, 3.63) is 50.5 Å². The summed E-state index contributed by atoms with van der Waals surface area (Å²) in [5.41, 5.74) is -0.747. The summed E-state index contributed by atoms with van der Waals surface area (Å²) in [6, 6.07) is 4.02. The Balaban J connectivity index is 2.46. The summed E-state index contributed by atoms with van der Waals surface area (Å²) in [5, 5.41) is 9.01. The SMILES string of the molecule is O=C(O)c1cc(Cl)ccc1Oc1nc[nH]c(=O)c1Cl. The number of rotatable bonds is 3. The third kappa shape index (κ3) is 2.86. The molecule has 2 aromatic rings. The molecule has 1 aromatic carbocycles. The second kappa shape index (κ2) is 5.29. The van der Waals surface area contributed by atoms with Crippen molar-refractivity contribution in [3.63, 3.8) is 0 Å². The van der Waals surface area contributed by atoms with Gasteiger partial charge in [0.2, 0.25) is 5.88 Å². The molecule has 0 aliphatic rings. The van der Waals surface area contributed by atoms with Crippen LogP contribution in [-0.4, -0.2) is 21.0 Å². The maximum atomic E-state index is 11.3. The van der Waals surface area contributed by atoms with Crippen molar-refractivity contribution in [2.45, 2.75) is 0 Å². The fourth-order valence-electron chi connectivity index (χ4n) is 1.30. The Hall–Kier alpha value is -2.05. The molecule has 2 rings (SSSR count). The number of aromatic nitrogens is 2. The summed E-state index contributed by atoms with van der Waals surface area (Å²) in [5.74, 6) is -1.43. The molecule has 8 heteroatoms. The lowest BCUT2D eigenvalue weighted by atomic mass is 10.2. The van der Waals surface area contributed by atoms with Gasteiger partial charge in [0, 0.05) is 5.02 Å². The Kier molecular flexibility index (Phi) is 3.73. The van der Waals surface area contributed by atoms with E-state index in [-0.39, 0.29) is 27.2 Å². The predicted molar refractivity (Wildman–Crippen MR) is 68.4 cm³/mol. The van der Waals surface area contributed by atoms with Crippen molar-refractivity contribution < 1.29 is 14.6 Å². The predicted octanol–water partition coefficient (Wildman–Crippen LogP) is 2.57. The van der Waals surface area contributed by atoms with E-state index in [9.17, 15) is 9.59 Å². The van der Waals surface area contributed by atoms with Crippen LogP contribution < -0.4 is 10.3 Å². The number of carbonyl (C=O) groups is 1. The normalized spacial score (nSPS) is 10.2. The minimum absolute atomic E-state index is 0.0168. The van der Waals surface area contributed by atoms with Gasteiger partial charge in [0.05, 0.1) is 6.33 Å². The van der Waals surface area contributed by atoms with E-state index >= 15 is 0 Å². The smallest absolute Gasteiger partial charge is 0.339 e. The van der Waals surface area contributed by atoms with Crippen molar-refractivity contribution in [3.8, 4) is 11.6 Å². The molecule has 0 radical (unpaired) electrons. The van der Waals surface area contributed by atoms with Crippen molar-refractivity contribution in [2.75, 3.05) is 0 Å². The molecule has 19 heavy (non-hydrogen) atoms. The Labute approximate surface area is 116 Å². The molecule has 0 fully saturated rings. The minimum atomic E-state index is -1.22. The fourth-order valence-corrected chi connectivity index (χ4v) is 1.61. The molecule has 0 saturated carbocycles. The van der Waals surface area contributed by atoms with Crippen LogP contribution in [0.2, 0.25) is 10.0 Å². The van der Waals surface area contributed by atoms with Gasteiger partial charge in [-0.1, -0.05) is 23.2 Å². The third-order valence-corrected chi connectivity index (χ3v) is 2.71. The summed E-state index contributed by atoms with van der Waals surface area (Å²) in [6.45, 7) is 0. The summed E-state index contributed by atoms with van der Waals surface area (Å²) in [6.07, 6.45) is 1.10. The zero-order chi connectivity index (χ0) is 14.0. The summed E-state index contributed by atoms with van der Waals surface area (Å²) in [4.78, 5) is 28.3. The first-order valence-electron chi connectivity index (χ1n) is 4.93. The summed E-state index contributed by atoms with van der Waals surface area (Å²) >= 11 is 11.4. The van der Waals surface area contributed by atoms with Crippen LogP contribution in [0.25, 0.3) is 0 Å². The van der Waals surface area contributed by atoms with Crippen molar-refractivity contribution in [1.29, 1.82) is 0 Å². The number of hydrogen-bond acceptors (Lipinski definition) is 4. The molecule has 0 bridgehead atoms. The van der Waals surface area contributed by atoms with Crippen LogP contribution in [0.3, 0.4) is 0 Å². The van der Waals surface area contributed by atoms with E-state index in [1.165, 1.54) is 18.2 Å². The van der Waals surface area contributed by atoms with Crippen LogP contribution >= 0.6 is 23.2 Å². The van der Waals surface area contributed by atoms with E-state index in [2.05, 4.69) is 9.97 Å². The molecule has 98 valence electrons. The van der Waals surface area contributed by atoms with Crippen LogP contribution in [0, 0.1) is 0 Å². The number of aromatic carboxylic acids is 1. The lowest BCUT2D eigenvalue weighted by Crippen LogP contribution is -2.09. The number of halogens is 2. The molecule has 0 spiro atoms. The molecule has 1 aromatic heterocycles. The number of aromatic amines is 1. The first-order valence-corrected chi connectivity index (χ1v) is 5.68. The molecule has 0 unspecified atom stereocenters. The van der Waals surface area contributed by atoms with Gasteiger partial charge in [-0.15, -0.1) is 0 Å². The zero-order valence-corrected chi connectivity index (χ0v) is 10.7. The number of hydrogen-bond donors (Lipinski definition) is 2. The minimum Gasteiger partial charge on any atom is -0.478 e. The van der Waals surface area contributed by atoms with Crippen molar-refractivity contribution >= 4 is 29.2 Å². The zero-order valence-electron chi connectivity index (χ0n) is 9.18. The lowest BCUT2D eigenvalue weighted by molar-refractivity contribution is 0.0694. The van der Waals surface area contributed by atoms with Gasteiger partial charge < -0.3 is 14.8 Å². The number of nitrogens with zero attached hydrogens (tertiary/aromatic N) is 1. The highest BCUT2D eigenvalue weighted by molar-refractivity contribution is 6.31. The average Bonchev–Trinajstić information content (AvgIpc) is 2.36. The molecule has 0 aliphatic heterocycles.